The number of aromatic nitrogens is 1. The maximum absolute atomic E-state index is 14.3. The molecule has 4 rings (SSSR count). The average molecular weight is 486 g/mol. The number of nitrogens with one attached hydrogen (secondary N) is 1. The van der Waals surface area contributed by atoms with Crippen LogP contribution in [0.5, 0.6) is 0 Å². The largest absolute Gasteiger partial charge is 0.436 e. The lowest BCUT2D eigenvalue weighted by Crippen LogP contribution is -2.41. The maximum atomic E-state index is 14.3. The Morgan fingerprint density at radius 2 is 1.88 bits per heavy atom. The van der Waals surface area contributed by atoms with Gasteiger partial charge in [-0.1, -0.05) is 12.1 Å². The highest BCUT2D eigenvalue weighted by atomic mass is 32.2. The quantitative estimate of drug-likeness (QED) is 0.341. The second-order valence-corrected chi connectivity index (χ2v) is 9.04. The highest BCUT2D eigenvalue weighted by molar-refractivity contribution is 7.98. The van der Waals surface area contributed by atoms with Crippen LogP contribution in [0.15, 0.2) is 57.8 Å². The second-order valence-electron chi connectivity index (χ2n) is 8.16. The molecule has 34 heavy (non-hydrogen) atoms. The van der Waals surface area contributed by atoms with Crippen molar-refractivity contribution in [2.75, 3.05) is 12.8 Å². The highest BCUT2D eigenvalue weighted by Gasteiger charge is 2.47. The molecular formula is C25H22F3N3O2S. The number of rotatable bonds is 6. The molecule has 0 aliphatic heterocycles. The Kier molecular flexibility index (Phi) is 6.98. The first-order valence-electron chi connectivity index (χ1n) is 10.7. The van der Waals surface area contributed by atoms with Crippen molar-refractivity contribution in [3.63, 3.8) is 0 Å². The number of nitriles is 1. The minimum atomic E-state index is -2.99. The zero-order valence-electron chi connectivity index (χ0n) is 18.4. The molecule has 176 valence electrons. The molecule has 1 saturated carbocycles. The Bertz CT molecular complexity index is 1200. The van der Waals surface area contributed by atoms with Crippen LogP contribution >= 0.6 is 11.8 Å². The molecule has 1 aliphatic carbocycles. The van der Waals surface area contributed by atoms with Gasteiger partial charge in [0.15, 0.2) is 5.76 Å². The Morgan fingerprint density at radius 1 is 1.21 bits per heavy atom. The molecule has 3 aromatic rings. The van der Waals surface area contributed by atoms with Gasteiger partial charge in [0.25, 0.3) is 0 Å². The van der Waals surface area contributed by atoms with Crippen molar-refractivity contribution in [2.45, 2.75) is 36.0 Å². The van der Waals surface area contributed by atoms with Crippen LogP contribution < -0.4 is 5.32 Å². The number of alkyl halides is 2. The van der Waals surface area contributed by atoms with Crippen LogP contribution in [-0.4, -0.2) is 29.6 Å². The Balaban J connectivity index is 1.80. The zero-order chi connectivity index (χ0) is 24.3. The van der Waals surface area contributed by atoms with E-state index < -0.39 is 35.9 Å². The lowest BCUT2D eigenvalue weighted by atomic mass is 9.74. The summed E-state index contributed by atoms with van der Waals surface area (Å²) in [4.78, 5) is 18.4. The summed E-state index contributed by atoms with van der Waals surface area (Å²) in [5.74, 6) is -5.12. The monoisotopic (exact) mass is 485 g/mol. The van der Waals surface area contributed by atoms with Gasteiger partial charge in [0.2, 0.25) is 17.7 Å². The SMILES string of the molecule is CSc1ccc(-c2oc(-c3ccc(F)cc3)nc2C2CCC(F)(F)CC2C(=O)NCC#N)cc1. The Labute approximate surface area is 199 Å². The molecule has 9 heteroatoms. The van der Waals surface area contributed by atoms with Crippen molar-refractivity contribution >= 4 is 17.7 Å². The number of hydrogen-bond acceptors (Lipinski definition) is 5. The fourth-order valence-corrected chi connectivity index (χ4v) is 4.65. The normalized spacial score (nSPS) is 19.4. The number of halogens is 3. The predicted octanol–water partition coefficient (Wildman–Crippen LogP) is 6.03. The van der Waals surface area contributed by atoms with Crippen LogP contribution in [0.1, 0.15) is 30.9 Å². The van der Waals surface area contributed by atoms with E-state index in [0.717, 1.165) is 4.90 Å². The minimum absolute atomic E-state index is 0.0307. The lowest BCUT2D eigenvalue weighted by Gasteiger charge is -2.34. The maximum Gasteiger partial charge on any atom is 0.249 e. The summed E-state index contributed by atoms with van der Waals surface area (Å²) < 4.78 is 48.2. The number of hydrogen-bond donors (Lipinski definition) is 1. The summed E-state index contributed by atoms with van der Waals surface area (Å²) in [5, 5.41) is 11.2. The van der Waals surface area contributed by atoms with Crippen molar-refractivity contribution in [1.29, 1.82) is 5.26 Å². The lowest BCUT2D eigenvalue weighted by molar-refractivity contribution is -0.133. The third-order valence-corrected chi connectivity index (χ3v) is 6.70. The second kappa shape index (κ2) is 9.94. The van der Waals surface area contributed by atoms with Gasteiger partial charge in [0, 0.05) is 34.8 Å². The van der Waals surface area contributed by atoms with Crippen LogP contribution in [0.2, 0.25) is 0 Å². The van der Waals surface area contributed by atoms with Gasteiger partial charge >= 0.3 is 0 Å². The topological polar surface area (TPSA) is 78.9 Å². The van der Waals surface area contributed by atoms with Gasteiger partial charge in [-0.3, -0.25) is 4.79 Å². The predicted molar refractivity (Wildman–Crippen MR) is 123 cm³/mol. The first kappa shape index (κ1) is 23.9. The third kappa shape index (κ3) is 5.12. The molecule has 0 bridgehead atoms. The molecule has 2 atom stereocenters. The van der Waals surface area contributed by atoms with Crippen molar-refractivity contribution in [2.24, 2.45) is 5.92 Å². The van der Waals surface area contributed by atoms with Crippen LogP contribution in [0.25, 0.3) is 22.8 Å². The molecule has 1 N–H and O–H groups in total. The summed E-state index contributed by atoms with van der Waals surface area (Å²) in [7, 11) is 0. The number of carbonyl (C=O) groups excluding carboxylic acids is 1. The molecule has 2 aromatic carbocycles. The van der Waals surface area contributed by atoms with E-state index in [1.54, 1.807) is 17.8 Å². The van der Waals surface area contributed by atoms with E-state index in [0.29, 0.717) is 22.6 Å². The van der Waals surface area contributed by atoms with Crippen LogP contribution in [0.4, 0.5) is 13.2 Å². The summed E-state index contributed by atoms with van der Waals surface area (Å²) in [6, 6.07) is 15.0. The van der Waals surface area contributed by atoms with Crippen molar-refractivity contribution in [3.05, 3.63) is 60.0 Å². The van der Waals surface area contributed by atoms with E-state index in [2.05, 4.69) is 10.3 Å². The van der Waals surface area contributed by atoms with Gasteiger partial charge in [-0.15, -0.1) is 11.8 Å². The molecular weight excluding hydrogens is 463 g/mol. The van der Waals surface area contributed by atoms with Gasteiger partial charge in [-0.25, -0.2) is 18.2 Å². The van der Waals surface area contributed by atoms with E-state index in [-0.39, 0.29) is 25.3 Å². The molecule has 1 aliphatic rings. The molecule has 1 fully saturated rings. The van der Waals surface area contributed by atoms with Crippen LogP contribution in [0.3, 0.4) is 0 Å². The third-order valence-electron chi connectivity index (χ3n) is 5.95. The highest BCUT2D eigenvalue weighted by Crippen LogP contribution is 2.48. The van der Waals surface area contributed by atoms with Gasteiger partial charge in [-0.2, -0.15) is 5.26 Å². The number of amides is 1. The molecule has 0 saturated heterocycles. The summed E-state index contributed by atoms with van der Waals surface area (Å²) in [6.07, 6.45) is 0.957. The van der Waals surface area contributed by atoms with E-state index in [9.17, 15) is 18.0 Å². The van der Waals surface area contributed by atoms with E-state index in [4.69, 9.17) is 9.68 Å². The summed E-state index contributed by atoms with van der Waals surface area (Å²) in [6.45, 7) is -0.268. The van der Waals surface area contributed by atoms with E-state index >= 15 is 0 Å². The first-order chi connectivity index (χ1) is 16.3. The molecule has 1 amide bonds. The van der Waals surface area contributed by atoms with Crippen molar-refractivity contribution < 1.29 is 22.4 Å². The van der Waals surface area contributed by atoms with Gasteiger partial charge in [0.05, 0.1) is 17.7 Å². The fraction of sp³-hybridized carbons (Fsp3) is 0.320. The number of oxazole rings is 1. The summed E-state index contributed by atoms with van der Waals surface area (Å²) >= 11 is 1.58. The van der Waals surface area contributed by atoms with Crippen LogP contribution in [-0.2, 0) is 4.79 Å². The number of benzene rings is 2. The van der Waals surface area contributed by atoms with Gasteiger partial charge in [-0.05, 0) is 49.1 Å². The van der Waals surface area contributed by atoms with Crippen molar-refractivity contribution in [3.8, 4) is 28.8 Å². The molecule has 5 nitrogen and oxygen atoms in total. The molecule has 0 spiro atoms. The van der Waals surface area contributed by atoms with Gasteiger partial charge < -0.3 is 9.73 Å². The van der Waals surface area contributed by atoms with E-state index in [1.807, 2.05) is 30.5 Å². The minimum Gasteiger partial charge on any atom is -0.436 e. The van der Waals surface area contributed by atoms with Gasteiger partial charge in [0.1, 0.15) is 12.4 Å². The van der Waals surface area contributed by atoms with Crippen molar-refractivity contribution in [1.82, 2.24) is 10.3 Å². The Hall–Kier alpha value is -3.25. The summed E-state index contributed by atoms with van der Waals surface area (Å²) in [5.41, 5.74) is 1.63. The standard InChI is InChI=1S/C25H22F3N3O2S/c1-34-18-8-4-15(5-9-18)22-21(31-24(33-22)16-2-6-17(26)7-3-16)19-10-11-25(27,28)14-20(19)23(32)30-13-12-29/h2-9,19-20H,10-11,13-14H2,1H3,(H,30,32). The number of nitrogens with zero attached hydrogens (tertiary/aromatic N) is 2. The first-order valence-corrected chi connectivity index (χ1v) is 12.0. The fourth-order valence-electron chi connectivity index (χ4n) is 4.24. The zero-order valence-corrected chi connectivity index (χ0v) is 19.2. The molecule has 1 heterocycles. The molecule has 2 unspecified atom stereocenters. The van der Waals surface area contributed by atoms with Crippen LogP contribution in [0, 0.1) is 23.1 Å². The van der Waals surface area contributed by atoms with E-state index in [1.165, 1.54) is 24.3 Å². The Morgan fingerprint density at radius 3 is 2.53 bits per heavy atom. The molecule has 1 aromatic heterocycles. The number of thioether (sulfide) groups is 1. The smallest absolute Gasteiger partial charge is 0.249 e. The number of carbonyl (C=O) groups is 1. The average Bonchev–Trinajstić information content (AvgIpc) is 3.27. The molecule has 0 radical (unpaired) electrons.